The molecule has 0 spiro atoms. The molecule has 5 heteroatoms. The van der Waals surface area contributed by atoms with E-state index in [2.05, 4.69) is 16.5 Å². The van der Waals surface area contributed by atoms with Gasteiger partial charge >= 0.3 is 0 Å². The first-order valence-corrected chi connectivity index (χ1v) is 9.19. The van der Waals surface area contributed by atoms with Gasteiger partial charge in [0.05, 0.1) is 0 Å². The highest BCUT2D eigenvalue weighted by Crippen LogP contribution is 2.28. The Hall–Kier alpha value is 0.0700. The molecule has 2 rings (SSSR count). The van der Waals surface area contributed by atoms with Crippen molar-refractivity contribution < 1.29 is 4.79 Å². The van der Waals surface area contributed by atoms with Crippen molar-refractivity contribution in [3.8, 4) is 0 Å². The van der Waals surface area contributed by atoms with E-state index in [9.17, 15) is 4.79 Å². The molecular formula is C15H29ClN2OS. The molecule has 0 aromatic heterocycles. The zero-order valence-electron chi connectivity index (χ0n) is 12.6. The topological polar surface area (TPSA) is 32.3 Å². The number of rotatable bonds is 8. The molecule has 1 aliphatic heterocycles. The van der Waals surface area contributed by atoms with Gasteiger partial charge in [-0.3, -0.25) is 4.79 Å². The summed E-state index contributed by atoms with van der Waals surface area (Å²) in [4.78, 5) is 14.1. The van der Waals surface area contributed by atoms with Crippen LogP contribution in [0.15, 0.2) is 0 Å². The minimum Gasteiger partial charge on any atom is -0.343 e. The number of carbonyl (C=O) groups is 1. The molecule has 0 unspecified atom stereocenters. The number of halogens is 1. The van der Waals surface area contributed by atoms with E-state index in [0.29, 0.717) is 11.9 Å². The molecule has 0 bridgehead atoms. The van der Waals surface area contributed by atoms with E-state index in [0.717, 1.165) is 44.7 Å². The molecule has 0 radical (unpaired) electrons. The summed E-state index contributed by atoms with van der Waals surface area (Å²) in [6, 6.07) is 0.654. The Bertz CT molecular complexity index is 279. The van der Waals surface area contributed by atoms with Crippen molar-refractivity contribution in [3.05, 3.63) is 0 Å². The number of nitrogens with one attached hydrogen (secondary N) is 1. The van der Waals surface area contributed by atoms with Gasteiger partial charge in [-0.05, 0) is 63.0 Å². The number of hydrogen-bond acceptors (Lipinski definition) is 3. The monoisotopic (exact) mass is 320 g/mol. The number of carbonyl (C=O) groups excluding carboxylic acids is 1. The third-order valence-corrected chi connectivity index (χ3v) is 4.93. The summed E-state index contributed by atoms with van der Waals surface area (Å²) in [7, 11) is 0. The van der Waals surface area contributed by atoms with Crippen molar-refractivity contribution in [1.82, 2.24) is 10.2 Å². The predicted octanol–water partition coefficient (Wildman–Crippen LogP) is 2.93. The first-order valence-electron chi connectivity index (χ1n) is 7.79. The van der Waals surface area contributed by atoms with Crippen LogP contribution in [0.2, 0.25) is 0 Å². The van der Waals surface area contributed by atoms with Crippen molar-refractivity contribution >= 4 is 30.1 Å². The Morgan fingerprint density at radius 2 is 1.90 bits per heavy atom. The minimum absolute atomic E-state index is 0. The summed E-state index contributed by atoms with van der Waals surface area (Å²) in [6.07, 6.45) is 10.2. The van der Waals surface area contributed by atoms with Gasteiger partial charge in [0.15, 0.2) is 0 Å². The second kappa shape index (κ2) is 9.91. The molecule has 1 aliphatic carbocycles. The van der Waals surface area contributed by atoms with Crippen molar-refractivity contribution in [3.63, 3.8) is 0 Å². The Labute approximate surface area is 134 Å². The van der Waals surface area contributed by atoms with Gasteiger partial charge in [0.25, 0.3) is 0 Å². The lowest BCUT2D eigenvalue weighted by Gasteiger charge is -2.32. The van der Waals surface area contributed by atoms with Gasteiger partial charge in [-0.25, -0.2) is 0 Å². The molecule has 0 aromatic rings. The number of piperidine rings is 1. The largest absolute Gasteiger partial charge is 0.343 e. The second-order valence-corrected chi connectivity index (χ2v) is 6.94. The number of thioether (sulfide) groups is 1. The van der Waals surface area contributed by atoms with Gasteiger partial charge < -0.3 is 10.2 Å². The maximum Gasteiger partial charge on any atom is 0.222 e. The molecule has 1 saturated heterocycles. The van der Waals surface area contributed by atoms with Crippen LogP contribution in [0.25, 0.3) is 0 Å². The molecule has 3 nitrogen and oxygen atoms in total. The van der Waals surface area contributed by atoms with Crippen LogP contribution in [-0.2, 0) is 4.79 Å². The molecule has 1 N–H and O–H groups in total. The van der Waals surface area contributed by atoms with E-state index < -0.39 is 0 Å². The minimum atomic E-state index is 0. The third-order valence-electron chi connectivity index (χ3n) is 4.23. The summed E-state index contributed by atoms with van der Waals surface area (Å²) in [5, 5.41) is 3.66. The number of likely N-dealkylation sites (tertiary alicyclic amines) is 1. The number of hydrogen-bond donors (Lipinski definition) is 1. The van der Waals surface area contributed by atoms with Crippen LogP contribution in [0.5, 0.6) is 0 Å². The Kier molecular flexibility index (Phi) is 8.98. The average Bonchev–Trinajstić information content (AvgIpc) is 3.26. The second-order valence-electron chi connectivity index (χ2n) is 5.96. The third kappa shape index (κ3) is 6.68. The fourth-order valence-electron chi connectivity index (χ4n) is 2.67. The van der Waals surface area contributed by atoms with E-state index in [1.54, 1.807) is 0 Å². The fraction of sp³-hybridized carbons (Fsp3) is 0.933. The lowest BCUT2D eigenvalue weighted by atomic mass is 10.0. The molecule has 1 amide bonds. The number of amides is 1. The van der Waals surface area contributed by atoms with Crippen LogP contribution in [-0.4, -0.2) is 48.5 Å². The van der Waals surface area contributed by atoms with Gasteiger partial charge in [-0.1, -0.05) is 0 Å². The highest BCUT2D eigenvalue weighted by molar-refractivity contribution is 7.98. The molecule has 20 heavy (non-hydrogen) atoms. The number of nitrogens with zero attached hydrogens (tertiary/aromatic N) is 1. The molecular weight excluding hydrogens is 292 g/mol. The van der Waals surface area contributed by atoms with E-state index in [1.807, 2.05) is 11.8 Å². The zero-order chi connectivity index (χ0) is 13.5. The normalized spacial score (nSPS) is 19.8. The maximum absolute atomic E-state index is 12.0. The molecule has 0 atom stereocenters. The SMILES string of the molecule is CSCCCCC(=O)N1CCC(NCC2CC2)CC1.Cl. The Morgan fingerprint density at radius 3 is 2.50 bits per heavy atom. The van der Waals surface area contributed by atoms with Crippen LogP contribution >= 0.6 is 24.2 Å². The first kappa shape index (κ1) is 18.1. The zero-order valence-corrected chi connectivity index (χ0v) is 14.2. The van der Waals surface area contributed by atoms with Crippen LogP contribution < -0.4 is 5.32 Å². The van der Waals surface area contributed by atoms with Crippen molar-refractivity contribution in [2.45, 2.75) is 51.0 Å². The first-order chi connectivity index (χ1) is 9.29. The molecule has 1 heterocycles. The summed E-state index contributed by atoms with van der Waals surface area (Å²) in [6.45, 7) is 3.13. The Balaban J connectivity index is 0.00000200. The van der Waals surface area contributed by atoms with Crippen molar-refractivity contribution in [2.24, 2.45) is 5.92 Å². The molecule has 1 saturated carbocycles. The van der Waals surface area contributed by atoms with Crippen LogP contribution in [0.4, 0.5) is 0 Å². The number of unbranched alkanes of at least 4 members (excludes halogenated alkanes) is 1. The average molecular weight is 321 g/mol. The van der Waals surface area contributed by atoms with Gasteiger partial charge in [0.1, 0.15) is 0 Å². The summed E-state index contributed by atoms with van der Waals surface area (Å²) < 4.78 is 0. The molecule has 0 aromatic carbocycles. The summed E-state index contributed by atoms with van der Waals surface area (Å²) >= 11 is 1.87. The van der Waals surface area contributed by atoms with Gasteiger partial charge in [0, 0.05) is 25.6 Å². The fourth-order valence-corrected chi connectivity index (χ4v) is 3.16. The van der Waals surface area contributed by atoms with Crippen LogP contribution in [0.1, 0.15) is 44.9 Å². The van der Waals surface area contributed by atoms with E-state index in [4.69, 9.17) is 0 Å². The van der Waals surface area contributed by atoms with E-state index in [1.165, 1.54) is 31.6 Å². The standard InChI is InChI=1S/C15H28N2OS.ClH/c1-19-11-3-2-4-15(18)17-9-7-14(8-10-17)16-12-13-5-6-13;/h13-14,16H,2-12H2,1H3;1H. The van der Waals surface area contributed by atoms with Crippen LogP contribution in [0, 0.1) is 5.92 Å². The lowest BCUT2D eigenvalue weighted by molar-refractivity contribution is -0.132. The maximum atomic E-state index is 12.0. The summed E-state index contributed by atoms with van der Waals surface area (Å²) in [5.41, 5.74) is 0. The highest BCUT2D eigenvalue weighted by Gasteiger charge is 2.25. The van der Waals surface area contributed by atoms with Crippen LogP contribution in [0.3, 0.4) is 0 Å². The van der Waals surface area contributed by atoms with Gasteiger partial charge in [0.2, 0.25) is 5.91 Å². The summed E-state index contributed by atoms with van der Waals surface area (Å²) in [5.74, 6) is 2.51. The smallest absolute Gasteiger partial charge is 0.222 e. The van der Waals surface area contributed by atoms with Crippen molar-refractivity contribution in [2.75, 3.05) is 31.6 Å². The lowest BCUT2D eigenvalue weighted by Crippen LogP contribution is -2.45. The quantitative estimate of drug-likeness (QED) is 0.698. The predicted molar refractivity (Wildman–Crippen MR) is 89.8 cm³/mol. The van der Waals surface area contributed by atoms with Gasteiger partial charge in [-0.15, -0.1) is 12.4 Å². The molecule has 2 fully saturated rings. The van der Waals surface area contributed by atoms with Gasteiger partial charge in [-0.2, -0.15) is 11.8 Å². The van der Waals surface area contributed by atoms with E-state index in [-0.39, 0.29) is 12.4 Å². The van der Waals surface area contributed by atoms with E-state index >= 15 is 0 Å². The highest BCUT2D eigenvalue weighted by atomic mass is 35.5. The Morgan fingerprint density at radius 1 is 1.20 bits per heavy atom. The van der Waals surface area contributed by atoms with Crippen molar-refractivity contribution in [1.29, 1.82) is 0 Å². The molecule has 118 valence electrons. The molecule has 2 aliphatic rings.